The van der Waals surface area contributed by atoms with E-state index < -0.39 is 0 Å². The topological polar surface area (TPSA) is 27.7 Å². The third-order valence-electron chi connectivity index (χ3n) is 2.98. The monoisotopic (exact) mass is 274 g/mol. The average molecular weight is 274 g/mol. The van der Waals surface area contributed by atoms with Crippen LogP contribution in [0.15, 0.2) is 42.5 Å². The molecule has 20 heavy (non-hydrogen) atoms. The summed E-state index contributed by atoms with van der Waals surface area (Å²) in [7, 11) is 0. The van der Waals surface area contributed by atoms with Gasteiger partial charge in [-0.3, -0.25) is 0 Å². The molecule has 0 atom stereocenters. The average Bonchev–Trinajstić information content (AvgIpc) is 2.85. The van der Waals surface area contributed by atoms with Crippen molar-refractivity contribution in [1.29, 1.82) is 0 Å². The SMILES string of the molecule is C/C=C/CC/C=C/C(C)(C)Oc1ccc2c(c1)OCO2. The molecule has 0 saturated heterocycles. The number of hydrogen-bond donors (Lipinski definition) is 0. The Hall–Kier alpha value is -1.90. The molecule has 1 heterocycles. The first kappa shape index (κ1) is 14.5. The molecule has 0 saturated carbocycles. The second kappa shape index (κ2) is 6.51. The Labute approximate surface area is 120 Å². The standard InChI is InChI=1S/C17H22O3/c1-4-5-6-7-8-11-17(2,3)20-14-9-10-15-16(12-14)19-13-18-15/h4-5,8-12H,6-7,13H2,1-3H3/b5-4+,11-8+. The molecule has 3 heteroatoms. The maximum absolute atomic E-state index is 5.99. The van der Waals surface area contributed by atoms with Gasteiger partial charge in [0.05, 0.1) is 0 Å². The highest BCUT2D eigenvalue weighted by Gasteiger charge is 2.19. The van der Waals surface area contributed by atoms with Crippen molar-refractivity contribution in [3.05, 3.63) is 42.5 Å². The molecule has 1 aliphatic rings. The van der Waals surface area contributed by atoms with Gasteiger partial charge in [-0.1, -0.05) is 18.2 Å². The number of rotatable bonds is 6. The van der Waals surface area contributed by atoms with Crippen LogP contribution in [0, 0.1) is 0 Å². The van der Waals surface area contributed by atoms with Gasteiger partial charge in [-0.2, -0.15) is 0 Å². The third kappa shape index (κ3) is 4.05. The molecular formula is C17H22O3. The fourth-order valence-corrected chi connectivity index (χ4v) is 2.00. The molecule has 0 aliphatic carbocycles. The minimum Gasteiger partial charge on any atom is -0.484 e. The van der Waals surface area contributed by atoms with Gasteiger partial charge in [-0.15, -0.1) is 0 Å². The lowest BCUT2D eigenvalue weighted by Gasteiger charge is -2.23. The second-order valence-corrected chi connectivity index (χ2v) is 5.27. The molecule has 0 aromatic heterocycles. The number of allylic oxidation sites excluding steroid dienone is 3. The smallest absolute Gasteiger partial charge is 0.231 e. The zero-order chi connectivity index (χ0) is 14.4. The molecule has 1 aromatic rings. The number of unbranched alkanes of at least 4 members (excludes halogenated alkanes) is 1. The van der Waals surface area contributed by atoms with E-state index in [1.54, 1.807) is 0 Å². The first-order valence-electron chi connectivity index (χ1n) is 6.98. The highest BCUT2D eigenvalue weighted by Crippen LogP contribution is 2.36. The Morgan fingerprint density at radius 1 is 1.15 bits per heavy atom. The van der Waals surface area contributed by atoms with Crippen LogP contribution in [0.4, 0.5) is 0 Å². The summed E-state index contributed by atoms with van der Waals surface area (Å²) in [6.07, 6.45) is 10.6. The van der Waals surface area contributed by atoms with Crippen molar-refractivity contribution in [3.8, 4) is 17.2 Å². The summed E-state index contributed by atoms with van der Waals surface area (Å²) in [4.78, 5) is 0. The van der Waals surface area contributed by atoms with Gasteiger partial charge < -0.3 is 14.2 Å². The summed E-state index contributed by atoms with van der Waals surface area (Å²) in [5.74, 6) is 2.31. The van der Waals surface area contributed by atoms with E-state index in [0.29, 0.717) is 0 Å². The quantitative estimate of drug-likeness (QED) is 0.565. The Balaban J connectivity index is 1.93. The number of hydrogen-bond acceptors (Lipinski definition) is 3. The van der Waals surface area contributed by atoms with E-state index in [1.165, 1.54) is 0 Å². The number of ether oxygens (including phenoxy) is 3. The lowest BCUT2D eigenvalue weighted by Crippen LogP contribution is -2.25. The van der Waals surface area contributed by atoms with Crippen molar-refractivity contribution >= 4 is 0 Å². The van der Waals surface area contributed by atoms with Gasteiger partial charge in [-0.25, -0.2) is 0 Å². The van der Waals surface area contributed by atoms with E-state index in [4.69, 9.17) is 14.2 Å². The summed E-state index contributed by atoms with van der Waals surface area (Å²) in [6, 6.07) is 5.66. The van der Waals surface area contributed by atoms with Gasteiger partial charge in [0.2, 0.25) is 6.79 Å². The van der Waals surface area contributed by atoms with Gasteiger partial charge in [0.15, 0.2) is 11.5 Å². The zero-order valence-corrected chi connectivity index (χ0v) is 12.4. The summed E-state index contributed by atoms with van der Waals surface area (Å²) < 4.78 is 16.6. The van der Waals surface area contributed by atoms with Gasteiger partial charge in [0.25, 0.3) is 0 Å². The van der Waals surface area contributed by atoms with E-state index in [-0.39, 0.29) is 12.4 Å². The summed E-state index contributed by atoms with van der Waals surface area (Å²) in [5.41, 5.74) is -0.344. The van der Waals surface area contributed by atoms with E-state index in [1.807, 2.05) is 39.0 Å². The van der Waals surface area contributed by atoms with Crippen molar-refractivity contribution < 1.29 is 14.2 Å². The predicted molar refractivity (Wildman–Crippen MR) is 80.5 cm³/mol. The summed E-state index contributed by atoms with van der Waals surface area (Å²) in [5, 5.41) is 0. The molecule has 0 spiro atoms. The molecule has 0 radical (unpaired) electrons. The van der Waals surface area contributed by atoms with Crippen LogP contribution in [0.3, 0.4) is 0 Å². The first-order valence-corrected chi connectivity index (χ1v) is 6.98. The fourth-order valence-electron chi connectivity index (χ4n) is 2.00. The molecular weight excluding hydrogens is 252 g/mol. The van der Waals surface area contributed by atoms with E-state index in [2.05, 4.69) is 24.3 Å². The molecule has 0 amide bonds. The normalized spacial score (nSPS) is 14.3. The Morgan fingerprint density at radius 2 is 1.90 bits per heavy atom. The molecule has 1 aliphatic heterocycles. The number of fused-ring (bicyclic) bond motifs is 1. The second-order valence-electron chi connectivity index (χ2n) is 5.27. The highest BCUT2D eigenvalue weighted by molar-refractivity contribution is 5.47. The molecule has 0 fully saturated rings. The zero-order valence-electron chi connectivity index (χ0n) is 12.4. The molecule has 0 unspecified atom stereocenters. The van der Waals surface area contributed by atoms with Crippen LogP contribution >= 0.6 is 0 Å². The highest BCUT2D eigenvalue weighted by atomic mass is 16.7. The lowest BCUT2D eigenvalue weighted by atomic mass is 10.1. The minimum atomic E-state index is -0.344. The Bertz CT molecular complexity index is 501. The van der Waals surface area contributed by atoms with Crippen LogP contribution in [-0.2, 0) is 0 Å². The van der Waals surface area contributed by atoms with Crippen molar-refractivity contribution in [3.63, 3.8) is 0 Å². The lowest BCUT2D eigenvalue weighted by molar-refractivity contribution is 0.160. The van der Waals surface area contributed by atoms with Crippen molar-refractivity contribution in [1.82, 2.24) is 0 Å². The van der Waals surface area contributed by atoms with Gasteiger partial charge in [-0.05, 0) is 51.8 Å². The van der Waals surface area contributed by atoms with E-state index in [0.717, 1.165) is 30.1 Å². The van der Waals surface area contributed by atoms with Crippen LogP contribution in [0.25, 0.3) is 0 Å². The molecule has 0 bridgehead atoms. The molecule has 108 valence electrons. The Morgan fingerprint density at radius 3 is 2.70 bits per heavy atom. The van der Waals surface area contributed by atoms with E-state index in [9.17, 15) is 0 Å². The van der Waals surface area contributed by atoms with Crippen molar-refractivity contribution in [2.24, 2.45) is 0 Å². The molecule has 2 rings (SSSR count). The number of benzene rings is 1. The molecule has 1 aromatic carbocycles. The summed E-state index contributed by atoms with van der Waals surface area (Å²) in [6.45, 7) is 6.41. The van der Waals surface area contributed by atoms with Crippen molar-refractivity contribution in [2.45, 2.75) is 39.2 Å². The van der Waals surface area contributed by atoms with Crippen LogP contribution < -0.4 is 14.2 Å². The van der Waals surface area contributed by atoms with Crippen LogP contribution in [0.1, 0.15) is 33.6 Å². The van der Waals surface area contributed by atoms with Gasteiger partial charge in [0, 0.05) is 6.07 Å². The van der Waals surface area contributed by atoms with E-state index >= 15 is 0 Å². The van der Waals surface area contributed by atoms with Crippen LogP contribution in [0.2, 0.25) is 0 Å². The Kier molecular flexibility index (Phi) is 4.72. The molecule has 0 N–H and O–H groups in total. The maximum atomic E-state index is 5.99. The van der Waals surface area contributed by atoms with Crippen LogP contribution in [0.5, 0.6) is 17.2 Å². The van der Waals surface area contributed by atoms with Crippen molar-refractivity contribution in [2.75, 3.05) is 6.79 Å². The predicted octanol–water partition coefficient (Wildman–Crippen LogP) is 4.49. The summed E-state index contributed by atoms with van der Waals surface area (Å²) >= 11 is 0. The largest absolute Gasteiger partial charge is 0.484 e. The molecule has 3 nitrogen and oxygen atoms in total. The maximum Gasteiger partial charge on any atom is 0.231 e. The van der Waals surface area contributed by atoms with Crippen LogP contribution in [-0.4, -0.2) is 12.4 Å². The third-order valence-corrected chi connectivity index (χ3v) is 2.98. The minimum absolute atomic E-state index is 0.285. The first-order chi connectivity index (χ1) is 9.61. The van der Waals surface area contributed by atoms with Gasteiger partial charge >= 0.3 is 0 Å². The van der Waals surface area contributed by atoms with Gasteiger partial charge in [0.1, 0.15) is 11.4 Å². The fraction of sp³-hybridized carbons (Fsp3) is 0.412.